The molecule has 0 aromatic heterocycles. The second-order valence-corrected chi connectivity index (χ2v) is 9.13. The first kappa shape index (κ1) is 21.9. The normalized spacial score (nSPS) is 16.3. The molecule has 32 heavy (non-hydrogen) atoms. The predicted molar refractivity (Wildman–Crippen MR) is 119 cm³/mol. The first-order valence-electron chi connectivity index (χ1n) is 10.8. The van der Waals surface area contributed by atoms with E-state index in [9.17, 15) is 19.5 Å². The van der Waals surface area contributed by atoms with Gasteiger partial charge in [-0.15, -0.1) is 0 Å². The van der Waals surface area contributed by atoms with E-state index >= 15 is 0 Å². The van der Waals surface area contributed by atoms with Crippen molar-refractivity contribution in [1.82, 2.24) is 10.2 Å². The van der Waals surface area contributed by atoms with Gasteiger partial charge in [-0.3, -0.25) is 4.79 Å². The van der Waals surface area contributed by atoms with E-state index in [-0.39, 0.29) is 12.5 Å². The Morgan fingerprint density at radius 3 is 2.06 bits per heavy atom. The molecule has 0 bridgehead atoms. The number of nitrogens with one attached hydrogen (secondary N) is 1. The minimum atomic E-state index is -1.31. The Kier molecular flexibility index (Phi) is 5.44. The molecular formula is C25H28N2O5. The summed E-state index contributed by atoms with van der Waals surface area (Å²) in [7, 11) is 1.48. The quantitative estimate of drug-likeness (QED) is 0.719. The summed E-state index contributed by atoms with van der Waals surface area (Å²) in [5.41, 5.74) is 1.96. The van der Waals surface area contributed by atoms with Gasteiger partial charge >= 0.3 is 12.1 Å². The predicted octanol–water partition coefficient (Wildman–Crippen LogP) is 3.77. The first-order chi connectivity index (χ1) is 15.2. The van der Waals surface area contributed by atoms with Gasteiger partial charge in [0.25, 0.3) is 0 Å². The SMILES string of the molecule is CN(C(=O)C(C)(C)NC(=O)OCC1c2ccccc2-c2ccccc21)C1(C(=O)O)CCC1. The second-order valence-electron chi connectivity index (χ2n) is 9.13. The number of rotatable bonds is 6. The standard InChI is InChI=1S/C25H28N2O5/c1-24(2,21(28)27(3)25(22(29)30)13-8-14-25)26-23(31)32-15-20-18-11-6-4-9-16(18)17-10-5-7-12-19(17)20/h4-7,9-12,20H,8,13-15H2,1-3H3,(H,26,31)(H,29,30). The van der Waals surface area contributed by atoms with Crippen LogP contribution in [-0.4, -0.2) is 52.7 Å². The number of nitrogens with zero attached hydrogens (tertiary/aromatic N) is 1. The fraction of sp³-hybridized carbons (Fsp3) is 0.400. The summed E-state index contributed by atoms with van der Waals surface area (Å²) in [4.78, 5) is 38.6. The molecule has 0 atom stereocenters. The lowest BCUT2D eigenvalue weighted by Crippen LogP contribution is -2.65. The van der Waals surface area contributed by atoms with Gasteiger partial charge in [-0.05, 0) is 55.4 Å². The summed E-state index contributed by atoms with van der Waals surface area (Å²) in [6, 6.07) is 16.1. The summed E-state index contributed by atoms with van der Waals surface area (Å²) in [6.45, 7) is 3.25. The number of benzene rings is 2. The van der Waals surface area contributed by atoms with Crippen LogP contribution in [-0.2, 0) is 14.3 Å². The number of carbonyl (C=O) groups excluding carboxylic acids is 2. The number of carboxylic acid groups (broad SMARTS) is 1. The Labute approximate surface area is 187 Å². The van der Waals surface area contributed by atoms with Crippen LogP contribution in [0.2, 0.25) is 0 Å². The van der Waals surface area contributed by atoms with Gasteiger partial charge in [0.2, 0.25) is 5.91 Å². The molecule has 1 saturated carbocycles. The molecule has 168 valence electrons. The third-order valence-electron chi connectivity index (χ3n) is 6.82. The Morgan fingerprint density at radius 1 is 1.06 bits per heavy atom. The summed E-state index contributed by atoms with van der Waals surface area (Å²) in [6.07, 6.45) is 0.859. The van der Waals surface area contributed by atoms with Crippen LogP contribution in [0, 0.1) is 0 Å². The van der Waals surface area contributed by atoms with E-state index in [1.807, 2.05) is 36.4 Å². The Morgan fingerprint density at radius 2 is 1.59 bits per heavy atom. The molecule has 7 nitrogen and oxygen atoms in total. The number of fused-ring (bicyclic) bond motifs is 3. The number of hydrogen-bond donors (Lipinski definition) is 2. The maximum absolute atomic E-state index is 13.0. The topological polar surface area (TPSA) is 95.9 Å². The highest BCUT2D eigenvalue weighted by Gasteiger charge is 2.52. The molecule has 7 heteroatoms. The lowest BCUT2D eigenvalue weighted by Gasteiger charge is -2.47. The second kappa shape index (κ2) is 7.97. The lowest BCUT2D eigenvalue weighted by molar-refractivity contribution is -0.166. The molecule has 2 aliphatic carbocycles. The number of carboxylic acids is 1. The van der Waals surface area contributed by atoms with E-state index in [0.717, 1.165) is 28.7 Å². The van der Waals surface area contributed by atoms with Crippen molar-refractivity contribution in [1.29, 1.82) is 0 Å². The van der Waals surface area contributed by atoms with Crippen molar-refractivity contribution in [2.45, 2.75) is 50.1 Å². The van der Waals surface area contributed by atoms with Crippen LogP contribution in [0.1, 0.15) is 50.2 Å². The average Bonchev–Trinajstić information content (AvgIpc) is 3.04. The van der Waals surface area contributed by atoms with E-state index in [0.29, 0.717) is 12.8 Å². The van der Waals surface area contributed by atoms with Crippen LogP contribution in [0.3, 0.4) is 0 Å². The molecular weight excluding hydrogens is 408 g/mol. The summed E-state index contributed by atoms with van der Waals surface area (Å²) < 4.78 is 5.54. The van der Waals surface area contributed by atoms with Crippen molar-refractivity contribution in [2.24, 2.45) is 0 Å². The molecule has 0 radical (unpaired) electrons. The van der Waals surface area contributed by atoms with Gasteiger partial charge in [0.15, 0.2) is 0 Å². The van der Waals surface area contributed by atoms with Gasteiger partial charge in [-0.25, -0.2) is 9.59 Å². The molecule has 0 unspecified atom stereocenters. The van der Waals surface area contributed by atoms with Crippen molar-refractivity contribution < 1.29 is 24.2 Å². The van der Waals surface area contributed by atoms with Crippen molar-refractivity contribution in [3.05, 3.63) is 59.7 Å². The number of hydrogen-bond acceptors (Lipinski definition) is 4. The zero-order chi connectivity index (χ0) is 23.1. The molecule has 1 fully saturated rings. The van der Waals surface area contributed by atoms with Crippen LogP contribution in [0.4, 0.5) is 4.79 Å². The van der Waals surface area contributed by atoms with Gasteiger partial charge in [-0.2, -0.15) is 0 Å². The summed E-state index contributed by atoms with van der Waals surface area (Å²) >= 11 is 0. The van der Waals surface area contributed by atoms with Gasteiger partial charge in [0, 0.05) is 13.0 Å². The van der Waals surface area contributed by atoms with E-state index in [4.69, 9.17) is 4.74 Å². The zero-order valence-corrected chi connectivity index (χ0v) is 18.6. The van der Waals surface area contributed by atoms with Gasteiger partial charge < -0.3 is 20.1 Å². The van der Waals surface area contributed by atoms with E-state index in [1.54, 1.807) is 13.8 Å². The average molecular weight is 437 g/mol. The highest BCUT2D eigenvalue weighted by molar-refractivity contribution is 5.94. The van der Waals surface area contributed by atoms with Crippen molar-refractivity contribution >= 4 is 18.0 Å². The fourth-order valence-corrected chi connectivity index (χ4v) is 4.76. The minimum absolute atomic E-state index is 0.0834. The molecule has 0 aliphatic heterocycles. The third-order valence-corrected chi connectivity index (χ3v) is 6.82. The Balaban J connectivity index is 1.43. The van der Waals surface area contributed by atoms with Crippen LogP contribution in [0.25, 0.3) is 11.1 Å². The van der Waals surface area contributed by atoms with Gasteiger partial charge in [0.05, 0.1) is 0 Å². The molecule has 2 N–H and O–H groups in total. The number of carbonyl (C=O) groups is 3. The van der Waals surface area contributed by atoms with E-state index < -0.39 is 29.0 Å². The number of aliphatic carboxylic acids is 1. The lowest BCUT2D eigenvalue weighted by atomic mass is 9.75. The van der Waals surface area contributed by atoms with Crippen LogP contribution in [0.15, 0.2) is 48.5 Å². The zero-order valence-electron chi connectivity index (χ0n) is 18.6. The summed E-state index contributed by atoms with van der Waals surface area (Å²) in [5, 5.41) is 12.2. The maximum Gasteiger partial charge on any atom is 0.408 e. The van der Waals surface area contributed by atoms with Crippen molar-refractivity contribution in [2.75, 3.05) is 13.7 Å². The van der Waals surface area contributed by atoms with Gasteiger partial charge in [0.1, 0.15) is 17.7 Å². The Bertz CT molecular complexity index is 1030. The number of amides is 2. The van der Waals surface area contributed by atoms with Crippen molar-refractivity contribution in [3.8, 4) is 11.1 Å². The molecule has 4 rings (SSSR count). The fourth-order valence-electron chi connectivity index (χ4n) is 4.76. The monoisotopic (exact) mass is 436 g/mol. The first-order valence-corrected chi connectivity index (χ1v) is 10.8. The summed E-state index contributed by atoms with van der Waals surface area (Å²) in [5.74, 6) is -1.57. The number of ether oxygens (including phenoxy) is 1. The molecule has 0 saturated heterocycles. The third kappa shape index (κ3) is 3.51. The van der Waals surface area contributed by atoms with Crippen LogP contribution < -0.4 is 5.32 Å². The van der Waals surface area contributed by atoms with E-state index in [2.05, 4.69) is 17.4 Å². The van der Waals surface area contributed by atoms with E-state index in [1.165, 1.54) is 11.9 Å². The maximum atomic E-state index is 13.0. The molecule has 0 heterocycles. The minimum Gasteiger partial charge on any atom is -0.479 e. The van der Waals surface area contributed by atoms with Crippen LogP contribution in [0.5, 0.6) is 0 Å². The van der Waals surface area contributed by atoms with Gasteiger partial charge in [-0.1, -0.05) is 48.5 Å². The molecule has 2 aromatic carbocycles. The Hall–Kier alpha value is -3.35. The number of likely N-dealkylation sites (N-methyl/N-ethyl adjacent to an activating group) is 1. The molecule has 2 aromatic rings. The molecule has 2 amide bonds. The largest absolute Gasteiger partial charge is 0.479 e. The van der Waals surface area contributed by atoms with Crippen LogP contribution >= 0.6 is 0 Å². The highest BCUT2D eigenvalue weighted by Crippen LogP contribution is 2.44. The van der Waals surface area contributed by atoms with Crippen molar-refractivity contribution in [3.63, 3.8) is 0 Å². The molecule has 2 aliphatic rings. The highest BCUT2D eigenvalue weighted by atomic mass is 16.5. The molecule has 0 spiro atoms. The number of alkyl carbamates (subject to hydrolysis) is 1. The smallest absolute Gasteiger partial charge is 0.408 e.